The van der Waals surface area contributed by atoms with E-state index in [1.807, 2.05) is 19.1 Å². The predicted octanol–water partition coefficient (Wildman–Crippen LogP) is 1.95. The summed E-state index contributed by atoms with van der Waals surface area (Å²) in [6.07, 6.45) is 3.62. The van der Waals surface area contributed by atoms with Crippen LogP contribution in [0.2, 0.25) is 0 Å². The van der Waals surface area contributed by atoms with Crippen molar-refractivity contribution < 1.29 is 9.90 Å². The van der Waals surface area contributed by atoms with Gasteiger partial charge in [0.05, 0.1) is 12.5 Å². The molecule has 18 heavy (non-hydrogen) atoms. The Bertz CT molecular complexity index is 507. The van der Waals surface area contributed by atoms with E-state index in [-0.39, 0.29) is 12.5 Å². The van der Waals surface area contributed by atoms with Gasteiger partial charge in [0.15, 0.2) is 0 Å². The molecule has 0 fully saturated rings. The molecule has 0 saturated carbocycles. The normalized spacial score (nSPS) is 12.5. The van der Waals surface area contributed by atoms with Gasteiger partial charge in [-0.05, 0) is 19.1 Å². The maximum absolute atomic E-state index is 10.6. The first kappa shape index (κ1) is 12.8. The molecule has 0 saturated heterocycles. The Morgan fingerprint density at radius 2 is 2.33 bits per heavy atom. The topological polar surface area (TPSA) is 78.0 Å². The molecule has 5 nitrogen and oxygen atoms in total. The number of aliphatic carboxylic acids is 1. The Balaban J connectivity index is 1.86. The Hall–Kier alpha value is -1.66. The lowest BCUT2D eigenvalue weighted by atomic mass is 10.3. The van der Waals surface area contributed by atoms with E-state index in [9.17, 15) is 4.79 Å². The molecule has 6 heteroatoms. The Kier molecular flexibility index (Phi) is 4.11. The summed E-state index contributed by atoms with van der Waals surface area (Å²) in [7, 11) is 0. The van der Waals surface area contributed by atoms with Crippen LogP contribution in [0.3, 0.4) is 0 Å². The summed E-state index contributed by atoms with van der Waals surface area (Å²) < 4.78 is 0. The number of aromatic amines is 1. The molecule has 96 valence electrons. The number of carbonyl (C=O) groups is 1. The van der Waals surface area contributed by atoms with Crippen LogP contribution in [-0.4, -0.2) is 21.0 Å². The molecule has 0 aliphatic rings. The number of carboxylic acids is 1. The van der Waals surface area contributed by atoms with Gasteiger partial charge in [-0.1, -0.05) is 0 Å². The van der Waals surface area contributed by atoms with Crippen molar-refractivity contribution in [2.75, 3.05) is 0 Å². The van der Waals surface area contributed by atoms with Crippen LogP contribution in [0.5, 0.6) is 0 Å². The highest BCUT2D eigenvalue weighted by molar-refractivity contribution is 7.12. The molecule has 1 unspecified atom stereocenters. The molecule has 0 aliphatic carbocycles. The minimum atomic E-state index is -0.791. The summed E-state index contributed by atoms with van der Waals surface area (Å²) in [6.45, 7) is 2.75. The second-order valence-corrected chi connectivity index (χ2v) is 5.27. The van der Waals surface area contributed by atoms with Gasteiger partial charge in [0.1, 0.15) is 5.82 Å². The average Bonchev–Trinajstić information content (AvgIpc) is 2.95. The van der Waals surface area contributed by atoms with E-state index in [1.54, 1.807) is 12.4 Å². The lowest BCUT2D eigenvalue weighted by Crippen LogP contribution is -2.18. The minimum Gasteiger partial charge on any atom is -0.481 e. The second-order valence-electron chi connectivity index (χ2n) is 4.02. The first-order valence-corrected chi connectivity index (χ1v) is 6.49. The standard InChI is InChI=1S/C12H15N3O2S/c1-8(12-13-4-5-14-12)15-7-10-3-2-9(18-10)6-11(16)17/h2-5,8,15H,6-7H2,1H3,(H,13,14)(H,16,17). The van der Waals surface area contributed by atoms with E-state index in [0.29, 0.717) is 6.54 Å². The molecule has 2 rings (SSSR count). The van der Waals surface area contributed by atoms with E-state index in [2.05, 4.69) is 15.3 Å². The van der Waals surface area contributed by atoms with Crippen LogP contribution in [0.4, 0.5) is 0 Å². The number of aromatic nitrogens is 2. The molecular weight excluding hydrogens is 250 g/mol. The highest BCUT2D eigenvalue weighted by Crippen LogP contribution is 2.18. The molecule has 2 heterocycles. The zero-order chi connectivity index (χ0) is 13.0. The van der Waals surface area contributed by atoms with Gasteiger partial charge in [0.2, 0.25) is 0 Å². The number of nitrogens with one attached hydrogen (secondary N) is 2. The summed E-state index contributed by atoms with van der Waals surface area (Å²) >= 11 is 1.53. The third-order valence-corrected chi connectivity index (χ3v) is 3.64. The first-order valence-electron chi connectivity index (χ1n) is 5.67. The average molecular weight is 265 g/mol. The number of hydrogen-bond acceptors (Lipinski definition) is 4. The van der Waals surface area contributed by atoms with Crippen molar-refractivity contribution in [1.82, 2.24) is 15.3 Å². The van der Waals surface area contributed by atoms with Crippen LogP contribution in [0, 0.1) is 0 Å². The fourth-order valence-electron chi connectivity index (χ4n) is 1.63. The van der Waals surface area contributed by atoms with Crippen molar-refractivity contribution in [2.24, 2.45) is 0 Å². The highest BCUT2D eigenvalue weighted by atomic mass is 32.1. The van der Waals surface area contributed by atoms with Crippen LogP contribution >= 0.6 is 11.3 Å². The van der Waals surface area contributed by atoms with Gasteiger partial charge in [-0.25, -0.2) is 4.98 Å². The van der Waals surface area contributed by atoms with E-state index < -0.39 is 5.97 Å². The third kappa shape index (κ3) is 3.41. The quantitative estimate of drug-likeness (QED) is 0.746. The van der Waals surface area contributed by atoms with Crippen molar-refractivity contribution in [2.45, 2.75) is 25.9 Å². The fraction of sp³-hybridized carbons (Fsp3) is 0.333. The number of H-pyrrole nitrogens is 1. The van der Waals surface area contributed by atoms with E-state index in [1.165, 1.54) is 11.3 Å². The summed E-state index contributed by atoms with van der Waals surface area (Å²) in [4.78, 5) is 19.8. The molecule has 2 aromatic heterocycles. The highest BCUT2D eigenvalue weighted by Gasteiger charge is 2.08. The largest absolute Gasteiger partial charge is 0.481 e. The number of thiophene rings is 1. The zero-order valence-electron chi connectivity index (χ0n) is 10.0. The molecule has 0 spiro atoms. The number of nitrogens with zero attached hydrogens (tertiary/aromatic N) is 1. The van der Waals surface area contributed by atoms with Crippen molar-refractivity contribution in [3.05, 3.63) is 40.1 Å². The van der Waals surface area contributed by atoms with Gasteiger partial charge in [-0.15, -0.1) is 11.3 Å². The number of carboxylic acid groups (broad SMARTS) is 1. The van der Waals surface area contributed by atoms with Crippen LogP contribution in [0.1, 0.15) is 28.5 Å². The first-order chi connectivity index (χ1) is 8.65. The summed E-state index contributed by atoms with van der Waals surface area (Å²) in [5, 5.41) is 12.0. The van der Waals surface area contributed by atoms with Gasteiger partial charge >= 0.3 is 5.97 Å². The minimum absolute atomic E-state index is 0.0956. The van der Waals surface area contributed by atoms with E-state index >= 15 is 0 Å². The van der Waals surface area contributed by atoms with Crippen molar-refractivity contribution >= 4 is 17.3 Å². The summed E-state index contributed by atoms with van der Waals surface area (Å²) in [5.41, 5.74) is 0. The fourth-order valence-corrected chi connectivity index (χ4v) is 2.59. The maximum Gasteiger partial charge on any atom is 0.308 e. The van der Waals surface area contributed by atoms with Gasteiger partial charge in [-0.2, -0.15) is 0 Å². The van der Waals surface area contributed by atoms with E-state index in [4.69, 9.17) is 5.11 Å². The van der Waals surface area contributed by atoms with Crippen molar-refractivity contribution in [1.29, 1.82) is 0 Å². The van der Waals surface area contributed by atoms with Gasteiger partial charge in [0.25, 0.3) is 0 Å². The van der Waals surface area contributed by atoms with Crippen LogP contribution < -0.4 is 5.32 Å². The molecule has 2 aromatic rings. The Morgan fingerprint density at radius 3 is 3.00 bits per heavy atom. The number of hydrogen-bond donors (Lipinski definition) is 3. The van der Waals surface area contributed by atoms with Crippen molar-refractivity contribution in [3.63, 3.8) is 0 Å². The third-order valence-electron chi connectivity index (χ3n) is 2.55. The monoisotopic (exact) mass is 265 g/mol. The predicted molar refractivity (Wildman–Crippen MR) is 69.5 cm³/mol. The van der Waals surface area contributed by atoms with Gasteiger partial charge in [0, 0.05) is 28.7 Å². The zero-order valence-corrected chi connectivity index (χ0v) is 10.8. The van der Waals surface area contributed by atoms with Gasteiger partial charge < -0.3 is 15.4 Å². The summed E-state index contributed by atoms with van der Waals surface area (Å²) in [5.74, 6) is 0.109. The lowest BCUT2D eigenvalue weighted by Gasteiger charge is -2.09. The smallest absolute Gasteiger partial charge is 0.308 e. The Labute approximate surface area is 109 Å². The number of rotatable bonds is 6. The molecule has 0 bridgehead atoms. The van der Waals surface area contributed by atoms with E-state index in [0.717, 1.165) is 15.6 Å². The molecular formula is C12H15N3O2S. The molecule has 0 aliphatic heterocycles. The van der Waals surface area contributed by atoms with Crippen LogP contribution in [0.15, 0.2) is 24.5 Å². The van der Waals surface area contributed by atoms with Crippen LogP contribution in [-0.2, 0) is 17.8 Å². The molecule has 3 N–H and O–H groups in total. The Morgan fingerprint density at radius 1 is 1.56 bits per heavy atom. The van der Waals surface area contributed by atoms with Crippen LogP contribution in [0.25, 0.3) is 0 Å². The number of imidazole rings is 1. The maximum atomic E-state index is 10.6. The van der Waals surface area contributed by atoms with Gasteiger partial charge in [-0.3, -0.25) is 4.79 Å². The van der Waals surface area contributed by atoms with Crippen molar-refractivity contribution in [3.8, 4) is 0 Å². The SMILES string of the molecule is CC(NCc1ccc(CC(=O)O)s1)c1ncc[nH]1. The molecule has 1 atom stereocenters. The molecule has 0 aromatic carbocycles. The molecule has 0 radical (unpaired) electrons. The molecule has 0 amide bonds. The lowest BCUT2D eigenvalue weighted by molar-refractivity contribution is -0.136. The second kappa shape index (κ2) is 5.79. The summed E-state index contributed by atoms with van der Waals surface area (Å²) in [6, 6.07) is 3.98.